The van der Waals surface area contributed by atoms with Crippen molar-refractivity contribution in [2.75, 3.05) is 0 Å². The van der Waals surface area contributed by atoms with Gasteiger partial charge in [0.15, 0.2) is 11.8 Å². The summed E-state index contributed by atoms with van der Waals surface area (Å²) in [6.45, 7) is 0. The average molecular weight is 651 g/mol. The van der Waals surface area contributed by atoms with Crippen molar-refractivity contribution in [3.05, 3.63) is 118 Å². The third-order valence-electron chi connectivity index (χ3n) is 7.29. The number of aromatic amines is 2. The lowest BCUT2D eigenvalue weighted by Gasteiger charge is -2.00. The van der Waals surface area contributed by atoms with Crippen molar-refractivity contribution in [1.29, 1.82) is 0 Å². The number of carboxylic acid groups (broad SMARTS) is 2. The van der Waals surface area contributed by atoms with E-state index in [2.05, 4.69) is 20.0 Å². The number of hydrogen-bond acceptors (Lipinski definition) is 6. The van der Waals surface area contributed by atoms with Crippen molar-refractivity contribution in [2.45, 2.75) is 25.7 Å². The van der Waals surface area contributed by atoms with Gasteiger partial charge < -0.3 is 30.4 Å². The minimum Gasteiger partial charge on any atom is -0.494 e. The maximum atomic E-state index is 10.7. The van der Waals surface area contributed by atoms with Crippen molar-refractivity contribution in [3.8, 4) is 11.8 Å². The molecule has 0 aliphatic rings. The first-order valence-corrected chi connectivity index (χ1v) is 15.0. The van der Waals surface area contributed by atoms with Gasteiger partial charge >= 0.3 is 11.9 Å². The Morgan fingerprint density at radius 3 is 1.91 bits per heavy atom. The summed E-state index contributed by atoms with van der Waals surface area (Å²) in [5, 5.41) is 39.7. The normalized spacial score (nSPS) is 11.3. The van der Waals surface area contributed by atoms with Crippen LogP contribution < -0.4 is 0 Å². The summed E-state index contributed by atoms with van der Waals surface area (Å²) in [5.74, 6) is -1.52. The molecule has 2 aromatic heterocycles. The van der Waals surface area contributed by atoms with Gasteiger partial charge in [-0.25, -0.2) is 0 Å². The monoisotopic (exact) mass is 650 g/mol. The molecule has 6 rings (SSSR count). The highest BCUT2D eigenvalue weighted by atomic mass is 35.5. The third-order valence-corrected chi connectivity index (χ3v) is 7.53. The van der Waals surface area contributed by atoms with Crippen LogP contribution in [0.15, 0.2) is 101 Å². The van der Waals surface area contributed by atoms with Gasteiger partial charge in [0, 0.05) is 52.1 Å². The van der Waals surface area contributed by atoms with Crippen LogP contribution in [0.4, 0.5) is 11.4 Å². The highest BCUT2D eigenvalue weighted by Crippen LogP contribution is 2.29. The molecular formula is C36H31ClN4O6. The van der Waals surface area contributed by atoms with Gasteiger partial charge in [-0.05, 0) is 72.5 Å². The van der Waals surface area contributed by atoms with Crippen LogP contribution >= 0.6 is 11.6 Å². The summed E-state index contributed by atoms with van der Waals surface area (Å²) in [6, 6.07) is 27.7. The van der Waals surface area contributed by atoms with Gasteiger partial charge in [-0.3, -0.25) is 19.6 Å². The van der Waals surface area contributed by atoms with E-state index in [-0.39, 0.29) is 24.6 Å². The molecule has 0 saturated heterocycles. The molecule has 10 nitrogen and oxygen atoms in total. The Morgan fingerprint density at radius 1 is 0.638 bits per heavy atom. The molecule has 0 aliphatic carbocycles. The first-order chi connectivity index (χ1) is 22.7. The van der Waals surface area contributed by atoms with Crippen molar-refractivity contribution in [2.24, 2.45) is 9.98 Å². The Morgan fingerprint density at radius 2 is 1.23 bits per heavy atom. The molecule has 0 amide bonds. The maximum Gasteiger partial charge on any atom is 0.303 e. The van der Waals surface area contributed by atoms with Crippen LogP contribution in [-0.4, -0.2) is 54.8 Å². The number of nitrogens with one attached hydrogen (secondary N) is 2. The van der Waals surface area contributed by atoms with Gasteiger partial charge in [-0.1, -0.05) is 54.1 Å². The van der Waals surface area contributed by atoms with Crippen LogP contribution in [0, 0.1) is 0 Å². The van der Waals surface area contributed by atoms with Gasteiger partial charge in [-0.15, -0.1) is 0 Å². The maximum absolute atomic E-state index is 10.7. The number of rotatable bonds is 10. The standard InChI is InChI=1S/C18H15ClN2O3.C18H16N2O3/c19-12-5-6-16-14(9-12)15(18(24)21-16)10-20-13-3-1-2-11(8-13)4-7-17(22)23;21-17(22)10-7-12-5-8-13(9-6-12)19-11-15-14-3-1-2-4-16(14)20-18(15)23/h1-3,5-6,8-10,21,24H,4,7H2,(H,22,23);1-6,8-9,11,20,23H,7,10H2,(H,21,22). The van der Waals surface area contributed by atoms with Crippen molar-refractivity contribution >= 4 is 69.1 Å². The van der Waals surface area contributed by atoms with Gasteiger partial charge in [0.25, 0.3) is 0 Å². The molecule has 6 aromatic rings. The molecule has 2 heterocycles. The number of aliphatic carboxylic acids is 2. The second kappa shape index (κ2) is 14.9. The van der Waals surface area contributed by atoms with Crippen LogP contribution in [0.25, 0.3) is 21.8 Å². The molecule has 0 spiro atoms. The fourth-order valence-electron chi connectivity index (χ4n) is 4.90. The van der Waals surface area contributed by atoms with Gasteiger partial charge in [0.05, 0.1) is 22.5 Å². The molecule has 6 N–H and O–H groups in total. The molecular weight excluding hydrogens is 620 g/mol. The summed E-state index contributed by atoms with van der Waals surface area (Å²) in [7, 11) is 0. The number of hydrogen-bond donors (Lipinski definition) is 6. The van der Waals surface area contributed by atoms with E-state index in [1.54, 1.807) is 30.6 Å². The van der Waals surface area contributed by atoms with E-state index in [9.17, 15) is 19.8 Å². The van der Waals surface area contributed by atoms with Crippen LogP contribution in [0.3, 0.4) is 0 Å². The second-order valence-corrected chi connectivity index (χ2v) is 11.1. The molecule has 0 atom stereocenters. The molecule has 11 heteroatoms. The van der Waals surface area contributed by atoms with E-state index in [1.807, 2.05) is 72.8 Å². The predicted molar refractivity (Wildman–Crippen MR) is 184 cm³/mol. The smallest absolute Gasteiger partial charge is 0.303 e. The van der Waals surface area contributed by atoms with E-state index in [0.717, 1.165) is 38.6 Å². The predicted octanol–water partition coefficient (Wildman–Crippen LogP) is 7.94. The summed E-state index contributed by atoms with van der Waals surface area (Å²) >= 11 is 6.01. The van der Waals surface area contributed by atoms with Crippen molar-refractivity contribution < 1.29 is 30.0 Å². The lowest BCUT2D eigenvalue weighted by molar-refractivity contribution is -0.138. The van der Waals surface area contributed by atoms with Gasteiger partial charge in [0.1, 0.15) is 0 Å². The molecule has 4 aromatic carbocycles. The van der Waals surface area contributed by atoms with Crippen LogP contribution in [0.5, 0.6) is 11.8 Å². The molecule has 0 radical (unpaired) electrons. The largest absolute Gasteiger partial charge is 0.494 e. The molecule has 0 bridgehead atoms. The van der Waals surface area contributed by atoms with Crippen molar-refractivity contribution in [3.63, 3.8) is 0 Å². The lowest BCUT2D eigenvalue weighted by Crippen LogP contribution is -1.96. The Labute approximate surface area is 274 Å². The van der Waals surface area contributed by atoms with E-state index in [1.165, 1.54) is 0 Å². The fourth-order valence-corrected chi connectivity index (χ4v) is 5.08. The molecule has 0 fully saturated rings. The number of aliphatic imine (C=N–C) groups is 2. The van der Waals surface area contributed by atoms with E-state index >= 15 is 0 Å². The SMILES string of the molecule is O=C(O)CCc1ccc(N=Cc2c(O)[nH]c3ccccc23)cc1.O=C(O)CCc1cccc(N=Cc2c(O)[nH]c3ccc(Cl)cc23)c1. The van der Waals surface area contributed by atoms with Gasteiger partial charge in [0.2, 0.25) is 0 Å². The Kier molecular flexibility index (Phi) is 10.3. The summed E-state index contributed by atoms with van der Waals surface area (Å²) < 4.78 is 0. The number of aromatic nitrogens is 2. The van der Waals surface area contributed by atoms with E-state index < -0.39 is 11.9 Å². The minimum absolute atomic E-state index is 0.0260. The first kappa shape index (κ1) is 32.5. The number of carbonyl (C=O) groups is 2. The zero-order valence-corrected chi connectivity index (χ0v) is 25.8. The number of H-pyrrole nitrogens is 2. The quantitative estimate of drug-likeness (QED) is 0.0822. The number of benzene rings is 4. The van der Waals surface area contributed by atoms with Crippen LogP contribution in [0.1, 0.15) is 35.1 Å². The Bertz CT molecular complexity index is 2100. The Hall–Kier alpha value is -5.87. The van der Waals surface area contributed by atoms with E-state index in [4.69, 9.17) is 21.8 Å². The number of carboxylic acids is 2. The Balaban J connectivity index is 0.000000185. The lowest BCUT2D eigenvalue weighted by atomic mass is 10.1. The molecule has 47 heavy (non-hydrogen) atoms. The molecule has 238 valence electrons. The number of halogens is 1. The highest BCUT2D eigenvalue weighted by molar-refractivity contribution is 6.31. The molecule has 0 unspecified atom stereocenters. The topological polar surface area (TPSA) is 171 Å². The number of para-hydroxylation sites is 1. The minimum atomic E-state index is -0.829. The summed E-state index contributed by atoms with van der Waals surface area (Å²) in [6.07, 6.45) is 4.34. The highest BCUT2D eigenvalue weighted by Gasteiger charge is 2.10. The number of nitrogens with zero attached hydrogens (tertiary/aromatic N) is 2. The second-order valence-electron chi connectivity index (χ2n) is 10.7. The van der Waals surface area contributed by atoms with Crippen LogP contribution in [0.2, 0.25) is 5.02 Å². The number of aryl methyl sites for hydroxylation is 2. The van der Waals surface area contributed by atoms with Crippen LogP contribution in [-0.2, 0) is 22.4 Å². The van der Waals surface area contributed by atoms with Gasteiger partial charge in [-0.2, -0.15) is 0 Å². The zero-order valence-electron chi connectivity index (χ0n) is 25.0. The summed E-state index contributed by atoms with van der Waals surface area (Å²) in [5.41, 5.74) is 6.13. The van der Waals surface area contributed by atoms with Crippen molar-refractivity contribution in [1.82, 2.24) is 9.97 Å². The third kappa shape index (κ3) is 8.65. The zero-order chi connectivity index (χ0) is 33.3. The number of fused-ring (bicyclic) bond motifs is 2. The number of aromatic hydroxyl groups is 2. The fraction of sp³-hybridized carbons (Fsp3) is 0.111. The first-order valence-electron chi connectivity index (χ1n) is 14.7. The molecule has 0 saturated carbocycles. The van der Waals surface area contributed by atoms with E-state index in [0.29, 0.717) is 34.7 Å². The molecule has 0 aliphatic heterocycles. The average Bonchev–Trinajstić information content (AvgIpc) is 3.55. The summed E-state index contributed by atoms with van der Waals surface area (Å²) in [4.78, 5) is 35.8.